The number of methoxy groups -OCH3 is 2. The Kier molecular flexibility index (Phi) is 18.2. The number of esters is 1. The number of amides is 1. The molecule has 0 aromatic rings. The smallest absolute Gasteiger partial charge is 0.329 e. The van der Waals surface area contributed by atoms with E-state index in [0.29, 0.717) is 57.8 Å². The second-order valence-electron chi connectivity index (χ2n) is 15.9. The van der Waals surface area contributed by atoms with Gasteiger partial charge in [-0.05, 0) is 89.4 Å². The fourth-order valence-corrected chi connectivity index (χ4v) is 8.59. The Labute approximate surface area is 322 Å². The van der Waals surface area contributed by atoms with Gasteiger partial charge < -0.3 is 39.2 Å². The van der Waals surface area contributed by atoms with Gasteiger partial charge in [-0.2, -0.15) is 0 Å². The number of rotatable bonds is 20. The zero-order valence-corrected chi connectivity index (χ0v) is 33.4. The van der Waals surface area contributed by atoms with Crippen molar-refractivity contribution in [2.24, 2.45) is 29.6 Å². The van der Waals surface area contributed by atoms with Crippen molar-refractivity contribution in [3.8, 4) is 0 Å². The number of ether oxygens (including phenoxy) is 4. The third kappa shape index (κ3) is 11.4. The van der Waals surface area contributed by atoms with Gasteiger partial charge in [-0.1, -0.05) is 45.1 Å². The van der Waals surface area contributed by atoms with Crippen LogP contribution in [-0.4, -0.2) is 113 Å². The average Bonchev–Trinajstić information content (AvgIpc) is 3.16. The summed E-state index contributed by atoms with van der Waals surface area (Å²) in [6, 6.07) is -1.10. The summed E-state index contributed by atoms with van der Waals surface area (Å²) in [7, 11) is 3.08. The first-order chi connectivity index (χ1) is 25.7. The Bertz CT molecular complexity index is 1290. The number of hydrogen-bond donors (Lipinski definition) is 3. The predicted octanol–water partition coefficient (Wildman–Crippen LogP) is 4.87. The number of carbonyl (C=O) groups is 4. The van der Waals surface area contributed by atoms with Crippen LogP contribution in [0.1, 0.15) is 105 Å². The van der Waals surface area contributed by atoms with Gasteiger partial charge in [-0.15, -0.1) is 13.2 Å². The van der Waals surface area contributed by atoms with Crippen LogP contribution in [0.5, 0.6) is 0 Å². The van der Waals surface area contributed by atoms with Gasteiger partial charge in [0.25, 0.3) is 11.7 Å². The minimum Gasteiger partial charge on any atom is -0.460 e. The SMILES string of the molecule is C=CCC(CC=C)C(=O)C[C@H](O)[C@@H](C)[C@H](OC(=O)[C@@H]1CCCCN1C(=O)C(=O)[C@]1(O)O[C@H]([C@H](C=CC)OC)CC[C@H]1C)[C@H](C)C[C@@H]1CC[C@@H](O)[C@H](OC)C1. The van der Waals surface area contributed by atoms with Crippen molar-refractivity contribution >= 4 is 23.4 Å². The molecule has 1 aliphatic carbocycles. The Morgan fingerprint density at radius 3 is 2.31 bits per heavy atom. The zero-order valence-electron chi connectivity index (χ0n) is 33.4. The summed E-state index contributed by atoms with van der Waals surface area (Å²) in [4.78, 5) is 56.6. The number of allylic oxidation sites excluding steroid dienone is 3. The quantitative estimate of drug-likeness (QED) is 0.0880. The first-order valence-electron chi connectivity index (χ1n) is 19.9. The van der Waals surface area contributed by atoms with Crippen LogP contribution >= 0.6 is 0 Å². The molecule has 3 aliphatic rings. The molecule has 3 fully saturated rings. The van der Waals surface area contributed by atoms with E-state index in [4.69, 9.17) is 18.9 Å². The van der Waals surface area contributed by atoms with E-state index in [1.807, 2.05) is 13.8 Å². The van der Waals surface area contributed by atoms with Gasteiger partial charge in [-0.25, -0.2) is 4.79 Å². The molecule has 2 aliphatic heterocycles. The largest absolute Gasteiger partial charge is 0.460 e. The third-order valence-corrected chi connectivity index (χ3v) is 12.0. The molecule has 1 amide bonds. The lowest BCUT2D eigenvalue weighted by Crippen LogP contribution is -2.61. The second-order valence-corrected chi connectivity index (χ2v) is 15.9. The fraction of sp³-hybridized carbons (Fsp3) is 0.762. The van der Waals surface area contributed by atoms with E-state index < -0.39 is 71.8 Å². The van der Waals surface area contributed by atoms with E-state index in [1.54, 1.807) is 45.3 Å². The van der Waals surface area contributed by atoms with Crippen molar-refractivity contribution in [3.05, 3.63) is 37.5 Å². The van der Waals surface area contributed by atoms with Crippen LogP contribution in [-0.2, 0) is 38.1 Å². The van der Waals surface area contributed by atoms with Gasteiger partial charge >= 0.3 is 5.97 Å². The molecule has 3 rings (SSSR count). The lowest BCUT2D eigenvalue weighted by atomic mass is 9.76. The number of likely N-dealkylation sites (tertiary alicyclic amines) is 1. The predicted molar refractivity (Wildman–Crippen MR) is 204 cm³/mol. The standard InChI is InChI=1S/C42H67NO11/c1-9-14-30(15-10-2)34(46)25-33(45)28(6)38(26(4)23-29-19-20-32(44)37(24-29)52-8)53-41(49)31-17-12-13-22-43(31)40(48)39(47)42(50)27(5)18-21-36(54-42)35(51-7)16-11-3/h9-11,16,26-33,35-38,44-45,50H,1-2,12-15,17-25H2,3-8H3/t26-,27-,28-,29+,31+,32-,33+,35+,36+,37-,38-,42-/m1/s1. The van der Waals surface area contributed by atoms with Gasteiger partial charge in [0, 0.05) is 44.9 Å². The van der Waals surface area contributed by atoms with Gasteiger partial charge in [0.1, 0.15) is 24.0 Å². The number of aliphatic hydroxyl groups is 3. The molecule has 12 atom stereocenters. The van der Waals surface area contributed by atoms with Crippen LogP contribution in [0.4, 0.5) is 0 Å². The van der Waals surface area contributed by atoms with E-state index in [-0.39, 0.29) is 49.0 Å². The van der Waals surface area contributed by atoms with Gasteiger partial charge in [-0.3, -0.25) is 14.4 Å². The lowest BCUT2D eigenvalue weighted by molar-refractivity contribution is -0.273. The molecule has 2 saturated heterocycles. The van der Waals surface area contributed by atoms with Crippen molar-refractivity contribution in [1.82, 2.24) is 4.90 Å². The van der Waals surface area contributed by atoms with E-state index >= 15 is 0 Å². The number of Topliss-reactive ketones (excluding diaryl/α,β-unsaturated/α-hetero) is 2. The number of piperidine rings is 1. The van der Waals surface area contributed by atoms with Crippen LogP contribution in [0.2, 0.25) is 0 Å². The van der Waals surface area contributed by atoms with Crippen LogP contribution in [0.25, 0.3) is 0 Å². The highest BCUT2D eigenvalue weighted by Gasteiger charge is 2.54. The highest BCUT2D eigenvalue weighted by atomic mass is 16.6. The molecule has 0 bridgehead atoms. The molecule has 0 unspecified atom stereocenters. The molecule has 2 heterocycles. The summed E-state index contributed by atoms with van der Waals surface area (Å²) >= 11 is 0. The van der Waals surface area contributed by atoms with Crippen LogP contribution in [0.15, 0.2) is 37.5 Å². The maximum absolute atomic E-state index is 14.2. The Morgan fingerprint density at radius 2 is 1.70 bits per heavy atom. The first kappa shape index (κ1) is 45.6. The number of ketones is 2. The van der Waals surface area contributed by atoms with Crippen molar-refractivity contribution in [2.45, 2.75) is 153 Å². The summed E-state index contributed by atoms with van der Waals surface area (Å²) in [6.45, 7) is 14.8. The van der Waals surface area contributed by atoms with E-state index in [2.05, 4.69) is 13.2 Å². The molecule has 3 N–H and O–H groups in total. The minimum atomic E-state index is -2.41. The summed E-state index contributed by atoms with van der Waals surface area (Å²) in [5, 5.41) is 33.5. The monoisotopic (exact) mass is 761 g/mol. The topological polar surface area (TPSA) is 169 Å². The zero-order chi connectivity index (χ0) is 40.2. The number of nitrogens with zero attached hydrogens (tertiary/aromatic N) is 1. The minimum absolute atomic E-state index is 0.112. The van der Waals surface area contributed by atoms with Crippen molar-refractivity contribution in [3.63, 3.8) is 0 Å². The first-order valence-corrected chi connectivity index (χ1v) is 19.9. The van der Waals surface area contributed by atoms with Gasteiger partial charge in [0.2, 0.25) is 5.79 Å². The normalized spacial score (nSPS) is 30.6. The van der Waals surface area contributed by atoms with Crippen LogP contribution in [0.3, 0.4) is 0 Å². The number of carbonyl (C=O) groups excluding carboxylic acids is 4. The molecule has 12 heteroatoms. The second kappa shape index (κ2) is 21.5. The fourth-order valence-electron chi connectivity index (χ4n) is 8.59. The molecule has 12 nitrogen and oxygen atoms in total. The summed E-state index contributed by atoms with van der Waals surface area (Å²) in [5.41, 5.74) is 0. The summed E-state index contributed by atoms with van der Waals surface area (Å²) < 4.78 is 23.3. The molecular formula is C42H67NO11. The Morgan fingerprint density at radius 1 is 1.02 bits per heavy atom. The van der Waals surface area contributed by atoms with Crippen LogP contribution < -0.4 is 0 Å². The Hall–Kier alpha value is -2.74. The van der Waals surface area contributed by atoms with Crippen molar-refractivity contribution in [2.75, 3.05) is 20.8 Å². The molecule has 0 aromatic heterocycles. The van der Waals surface area contributed by atoms with Crippen molar-refractivity contribution < 1.29 is 53.4 Å². The van der Waals surface area contributed by atoms with Gasteiger partial charge in [0.15, 0.2) is 0 Å². The molecule has 306 valence electrons. The Balaban J connectivity index is 1.86. The maximum atomic E-state index is 14.2. The maximum Gasteiger partial charge on any atom is 0.329 e. The van der Waals surface area contributed by atoms with Crippen molar-refractivity contribution in [1.29, 1.82) is 0 Å². The number of hydrogen-bond acceptors (Lipinski definition) is 11. The molecule has 0 aromatic carbocycles. The average molecular weight is 762 g/mol. The molecule has 0 radical (unpaired) electrons. The van der Waals surface area contributed by atoms with Gasteiger partial charge in [0.05, 0.1) is 24.4 Å². The van der Waals surface area contributed by atoms with E-state index in [0.717, 1.165) is 6.42 Å². The number of aliphatic hydroxyl groups excluding tert-OH is 2. The lowest BCUT2D eigenvalue weighted by Gasteiger charge is -2.43. The molecule has 1 saturated carbocycles. The van der Waals surface area contributed by atoms with E-state index in [9.17, 15) is 34.5 Å². The summed E-state index contributed by atoms with van der Waals surface area (Å²) in [5.74, 6) is -7.25. The molecule has 54 heavy (non-hydrogen) atoms. The van der Waals surface area contributed by atoms with Crippen LogP contribution in [0, 0.1) is 29.6 Å². The highest BCUT2D eigenvalue weighted by molar-refractivity contribution is 6.39. The molecule has 0 spiro atoms. The van der Waals surface area contributed by atoms with E-state index in [1.165, 1.54) is 12.0 Å². The highest BCUT2D eigenvalue weighted by Crippen LogP contribution is 2.38. The summed E-state index contributed by atoms with van der Waals surface area (Å²) in [6.07, 6.45) is 8.50. The third-order valence-electron chi connectivity index (χ3n) is 12.0. The molecular weight excluding hydrogens is 694 g/mol.